The van der Waals surface area contributed by atoms with E-state index in [4.69, 9.17) is 0 Å². The van der Waals surface area contributed by atoms with Gasteiger partial charge >= 0.3 is 0 Å². The summed E-state index contributed by atoms with van der Waals surface area (Å²) in [6, 6.07) is 0.718. The molecule has 0 aliphatic carbocycles. The Labute approximate surface area is 102 Å². The lowest BCUT2D eigenvalue weighted by molar-refractivity contribution is 0.457. The SMILES string of the molecule is CC1SCCCC1NCCCc1ncc[nH]1. The third-order valence-electron chi connectivity index (χ3n) is 3.16. The Hall–Kier alpha value is -0.480. The van der Waals surface area contributed by atoms with Crippen LogP contribution in [-0.2, 0) is 6.42 Å². The van der Waals surface area contributed by atoms with Gasteiger partial charge in [0.2, 0.25) is 0 Å². The maximum atomic E-state index is 4.23. The van der Waals surface area contributed by atoms with Crippen LogP contribution in [0.5, 0.6) is 0 Å². The first-order chi connectivity index (χ1) is 7.86. The number of rotatable bonds is 5. The number of imidazole rings is 1. The Morgan fingerprint density at radius 2 is 2.56 bits per heavy atom. The van der Waals surface area contributed by atoms with E-state index in [9.17, 15) is 0 Å². The van der Waals surface area contributed by atoms with Gasteiger partial charge in [-0.15, -0.1) is 0 Å². The molecule has 4 heteroatoms. The van der Waals surface area contributed by atoms with E-state index in [0.29, 0.717) is 0 Å². The monoisotopic (exact) mass is 239 g/mol. The molecule has 1 fully saturated rings. The highest BCUT2D eigenvalue weighted by atomic mass is 32.2. The van der Waals surface area contributed by atoms with Crippen LogP contribution < -0.4 is 5.32 Å². The molecule has 1 aliphatic heterocycles. The average Bonchev–Trinajstić information content (AvgIpc) is 2.79. The molecule has 2 rings (SSSR count). The van der Waals surface area contributed by atoms with E-state index in [1.165, 1.54) is 25.0 Å². The van der Waals surface area contributed by atoms with Gasteiger partial charge in [0.1, 0.15) is 5.82 Å². The number of hydrogen-bond acceptors (Lipinski definition) is 3. The van der Waals surface area contributed by atoms with Crippen molar-refractivity contribution in [3.63, 3.8) is 0 Å². The Bertz CT molecular complexity index is 286. The van der Waals surface area contributed by atoms with Crippen molar-refractivity contribution in [1.82, 2.24) is 15.3 Å². The minimum atomic E-state index is 0.718. The lowest BCUT2D eigenvalue weighted by Crippen LogP contribution is -2.39. The molecule has 2 atom stereocenters. The summed E-state index contributed by atoms with van der Waals surface area (Å²) in [6.07, 6.45) is 8.64. The lowest BCUT2D eigenvalue weighted by atomic mass is 10.1. The van der Waals surface area contributed by atoms with E-state index in [-0.39, 0.29) is 0 Å². The maximum absolute atomic E-state index is 4.23. The normalized spacial score (nSPS) is 25.8. The van der Waals surface area contributed by atoms with Crippen LogP contribution in [0.15, 0.2) is 12.4 Å². The lowest BCUT2D eigenvalue weighted by Gasteiger charge is -2.29. The highest BCUT2D eigenvalue weighted by Crippen LogP contribution is 2.24. The zero-order valence-electron chi connectivity index (χ0n) is 9.91. The van der Waals surface area contributed by atoms with Crippen molar-refractivity contribution < 1.29 is 0 Å². The summed E-state index contributed by atoms with van der Waals surface area (Å²) in [5.41, 5.74) is 0. The van der Waals surface area contributed by atoms with Crippen molar-refractivity contribution in [2.24, 2.45) is 0 Å². The second kappa shape index (κ2) is 6.30. The van der Waals surface area contributed by atoms with Gasteiger partial charge in [0.25, 0.3) is 0 Å². The quantitative estimate of drug-likeness (QED) is 0.774. The molecule has 2 N–H and O–H groups in total. The molecule has 1 saturated heterocycles. The Balaban J connectivity index is 1.60. The molecule has 1 aliphatic rings. The first kappa shape index (κ1) is 12.0. The van der Waals surface area contributed by atoms with Crippen molar-refractivity contribution in [3.05, 3.63) is 18.2 Å². The predicted octanol–water partition coefficient (Wildman–Crippen LogP) is 2.22. The van der Waals surface area contributed by atoms with Crippen molar-refractivity contribution in [3.8, 4) is 0 Å². The first-order valence-electron chi connectivity index (χ1n) is 6.19. The summed E-state index contributed by atoms with van der Waals surface area (Å²) in [4.78, 5) is 7.37. The molecule has 0 bridgehead atoms. The third-order valence-corrected chi connectivity index (χ3v) is 4.54. The number of nitrogens with zero attached hydrogens (tertiary/aromatic N) is 1. The van der Waals surface area contributed by atoms with Crippen LogP contribution in [0.1, 0.15) is 32.0 Å². The standard InChI is InChI=1S/C12H21N3S/c1-10-11(4-3-9-16-10)13-6-2-5-12-14-7-8-15-12/h7-8,10-11,13H,2-6,9H2,1H3,(H,14,15). The summed E-state index contributed by atoms with van der Waals surface area (Å²) in [5.74, 6) is 2.44. The fourth-order valence-corrected chi connectivity index (χ4v) is 3.34. The fourth-order valence-electron chi connectivity index (χ4n) is 2.17. The van der Waals surface area contributed by atoms with Gasteiger partial charge in [-0.2, -0.15) is 11.8 Å². The molecule has 90 valence electrons. The second-order valence-electron chi connectivity index (χ2n) is 4.42. The van der Waals surface area contributed by atoms with Gasteiger partial charge in [-0.1, -0.05) is 6.92 Å². The molecule has 0 saturated carbocycles. The summed E-state index contributed by atoms with van der Waals surface area (Å²) in [5, 5.41) is 4.45. The van der Waals surface area contributed by atoms with E-state index < -0.39 is 0 Å². The van der Waals surface area contributed by atoms with Crippen LogP contribution in [-0.4, -0.2) is 33.6 Å². The van der Waals surface area contributed by atoms with Crippen LogP contribution in [0.25, 0.3) is 0 Å². The summed E-state index contributed by atoms with van der Waals surface area (Å²) in [7, 11) is 0. The van der Waals surface area contributed by atoms with Crippen LogP contribution in [0.2, 0.25) is 0 Å². The minimum absolute atomic E-state index is 0.718. The molecular formula is C12H21N3S. The summed E-state index contributed by atoms with van der Waals surface area (Å²) in [6.45, 7) is 3.45. The Kier molecular flexibility index (Phi) is 4.72. The van der Waals surface area contributed by atoms with Crippen LogP contribution in [0, 0.1) is 0 Å². The smallest absolute Gasteiger partial charge is 0.106 e. The predicted molar refractivity (Wildman–Crippen MR) is 69.9 cm³/mol. The van der Waals surface area contributed by atoms with E-state index in [0.717, 1.165) is 30.1 Å². The zero-order valence-corrected chi connectivity index (χ0v) is 10.7. The maximum Gasteiger partial charge on any atom is 0.106 e. The summed E-state index contributed by atoms with van der Waals surface area (Å²) < 4.78 is 0. The van der Waals surface area contributed by atoms with Crippen molar-refractivity contribution in [1.29, 1.82) is 0 Å². The van der Waals surface area contributed by atoms with Crippen molar-refractivity contribution in [2.75, 3.05) is 12.3 Å². The van der Waals surface area contributed by atoms with Crippen LogP contribution in [0.4, 0.5) is 0 Å². The third kappa shape index (κ3) is 3.52. The van der Waals surface area contributed by atoms with Gasteiger partial charge in [-0.25, -0.2) is 4.98 Å². The van der Waals surface area contributed by atoms with Crippen LogP contribution in [0.3, 0.4) is 0 Å². The topological polar surface area (TPSA) is 40.7 Å². The molecule has 16 heavy (non-hydrogen) atoms. The highest BCUT2D eigenvalue weighted by molar-refractivity contribution is 7.99. The largest absolute Gasteiger partial charge is 0.349 e. The van der Waals surface area contributed by atoms with Gasteiger partial charge in [0.05, 0.1) is 0 Å². The number of aromatic nitrogens is 2. The first-order valence-corrected chi connectivity index (χ1v) is 7.24. The Morgan fingerprint density at radius 1 is 1.62 bits per heavy atom. The fraction of sp³-hybridized carbons (Fsp3) is 0.750. The van der Waals surface area contributed by atoms with Crippen LogP contribution >= 0.6 is 11.8 Å². The average molecular weight is 239 g/mol. The molecule has 2 heterocycles. The number of H-pyrrole nitrogens is 1. The van der Waals surface area contributed by atoms with Gasteiger partial charge in [-0.05, 0) is 31.6 Å². The van der Waals surface area contributed by atoms with Crippen molar-refractivity contribution >= 4 is 11.8 Å². The molecule has 0 spiro atoms. The zero-order chi connectivity index (χ0) is 11.2. The number of aromatic amines is 1. The van der Waals surface area contributed by atoms with E-state index in [2.05, 4.69) is 34.0 Å². The molecule has 1 aromatic heterocycles. The Morgan fingerprint density at radius 3 is 3.31 bits per heavy atom. The van der Waals surface area contributed by atoms with Crippen molar-refractivity contribution in [2.45, 2.75) is 43.9 Å². The highest BCUT2D eigenvalue weighted by Gasteiger charge is 2.20. The minimum Gasteiger partial charge on any atom is -0.349 e. The second-order valence-corrected chi connectivity index (χ2v) is 5.90. The number of hydrogen-bond donors (Lipinski definition) is 2. The molecule has 3 nitrogen and oxygen atoms in total. The van der Waals surface area contributed by atoms with E-state index in [1.807, 2.05) is 12.4 Å². The molecular weight excluding hydrogens is 218 g/mol. The van der Waals surface area contributed by atoms with E-state index in [1.54, 1.807) is 0 Å². The van der Waals surface area contributed by atoms with Gasteiger partial charge in [0, 0.05) is 30.1 Å². The van der Waals surface area contributed by atoms with Gasteiger partial charge in [0.15, 0.2) is 0 Å². The van der Waals surface area contributed by atoms with E-state index >= 15 is 0 Å². The number of aryl methyl sites for hydroxylation is 1. The summed E-state index contributed by atoms with van der Waals surface area (Å²) >= 11 is 2.10. The molecule has 1 aromatic rings. The van der Waals surface area contributed by atoms with Gasteiger partial charge in [-0.3, -0.25) is 0 Å². The number of nitrogens with one attached hydrogen (secondary N) is 2. The van der Waals surface area contributed by atoms with Gasteiger partial charge < -0.3 is 10.3 Å². The molecule has 0 aromatic carbocycles. The molecule has 0 radical (unpaired) electrons. The molecule has 2 unspecified atom stereocenters. The number of thioether (sulfide) groups is 1. The molecule has 0 amide bonds.